The highest BCUT2D eigenvalue weighted by Crippen LogP contribution is 2.30. The molecule has 1 amide bonds. The average Bonchev–Trinajstić information content (AvgIpc) is 3.22. The lowest BCUT2D eigenvalue weighted by molar-refractivity contribution is -0.115. The topological polar surface area (TPSA) is 82.1 Å². The largest absolute Gasteiger partial charge is 0.353 e. The van der Waals surface area contributed by atoms with Crippen LogP contribution in [0.2, 0.25) is 5.02 Å². The van der Waals surface area contributed by atoms with Gasteiger partial charge in [0.25, 0.3) is 10.0 Å². The number of hydrogen-bond donors (Lipinski definition) is 1. The van der Waals surface area contributed by atoms with E-state index in [2.05, 4.69) is 19.5 Å². The van der Waals surface area contributed by atoms with E-state index in [1.165, 1.54) is 0 Å². The smallest absolute Gasteiger partial charge is 0.285 e. The van der Waals surface area contributed by atoms with Gasteiger partial charge in [-0.05, 0) is 35.7 Å². The summed E-state index contributed by atoms with van der Waals surface area (Å²) in [5.41, 5.74) is 3.56. The van der Waals surface area contributed by atoms with Crippen molar-refractivity contribution in [3.63, 3.8) is 0 Å². The Morgan fingerprint density at radius 2 is 1.87 bits per heavy atom. The van der Waals surface area contributed by atoms with Crippen molar-refractivity contribution in [3.8, 4) is 0 Å². The van der Waals surface area contributed by atoms with Crippen molar-refractivity contribution in [2.75, 3.05) is 38.0 Å². The molecular weight excluding hydrogens is 424 g/mol. The fraction of sp³-hybridized carbons (Fsp3) is 0.333. The summed E-state index contributed by atoms with van der Waals surface area (Å²) in [6, 6.07) is 10.9. The SMILES string of the molecule is O=C1Cc2cc(CCN3CCN(C4=NS(=O)(=O)c5ccccc54)CC3)c(Cl)cc2N1. The summed E-state index contributed by atoms with van der Waals surface area (Å²) < 4.78 is 28.6. The maximum absolute atomic E-state index is 12.3. The predicted octanol–water partition coefficient (Wildman–Crippen LogP) is 2.14. The number of nitrogens with zero attached hydrogens (tertiary/aromatic N) is 3. The molecule has 156 valence electrons. The van der Waals surface area contributed by atoms with Crippen LogP contribution >= 0.6 is 11.6 Å². The number of nitrogens with one attached hydrogen (secondary N) is 1. The summed E-state index contributed by atoms with van der Waals surface area (Å²) in [4.78, 5) is 16.3. The molecule has 5 rings (SSSR count). The highest BCUT2D eigenvalue weighted by atomic mass is 35.5. The lowest BCUT2D eigenvalue weighted by atomic mass is 10.1. The summed E-state index contributed by atoms with van der Waals surface area (Å²) in [6.45, 7) is 3.95. The Hall–Kier alpha value is -2.42. The number of anilines is 1. The van der Waals surface area contributed by atoms with E-state index in [0.717, 1.165) is 56.0 Å². The van der Waals surface area contributed by atoms with Crippen molar-refractivity contribution in [1.29, 1.82) is 0 Å². The summed E-state index contributed by atoms with van der Waals surface area (Å²) in [5.74, 6) is 0.567. The van der Waals surface area contributed by atoms with Crippen molar-refractivity contribution in [1.82, 2.24) is 9.80 Å². The van der Waals surface area contributed by atoms with E-state index in [0.29, 0.717) is 27.7 Å². The summed E-state index contributed by atoms with van der Waals surface area (Å²) in [5, 5.41) is 3.50. The van der Waals surface area contributed by atoms with Crippen LogP contribution in [-0.4, -0.2) is 62.7 Å². The van der Waals surface area contributed by atoms with Crippen molar-refractivity contribution in [2.45, 2.75) is 17.7 Å². The van der Waals surface area contributed by atoms with Gasteiger partial charge in [-0.1, -0.05) is 29.8 Å². The van der Waals surface area contributed by atoms with E-state index in [1.807, 2.05) is 24.3 Å². The Bertz CT molecular complexity index is 1170. The molecule has 7 nitrogen and oxygen atoms in total. The van der Waals surface area contributed by atoms with E-state index in [-0.39, 0.29) is 5.91 Å². The first-order chi connectivity index (χ1) is 14.4. The maximum Gasteiger partial charge on any atom is 0.285 e. The Labute approximate surface area is 180 Å². The van der Waals surface area contributed by atoms with Gasteiger partial charge in [0, 0.05) is 49.0 Å². The van der Waals surface area contributed by atoms with Gasteiger partial charge in [-0.25, -0.2) is 0 Å². The van der Waals surface area contributed by atoms with Gasteiger partial charge in [0.2, 0.25) is 5.91 Å². The molecule has 3 heterocycles. The van der Waals surface area contributed by atoms with E-state index < -0.39 is 10.0 Å². The fourth-order valence-corrected chi connectivity index (χ4v) is 5.75. The number of rotatable bonds is 3. The molecular formula is C21H21ClN4O3S. The van der Waals surface area contributed by atoms with Gasteiger partial charge < -0.3 is 10.2 Å². The first kappa shape index (κ1) is 19.5. The molecule has 0 spiro atoms. The minimum atomic E-state index is -3.59. The second-order valence-corrected chi connectivity index (χ2v) is 9.77. The number of fused-ring (bicyclic) bond motifs is 2. The van der Waals surface area contributed by atoms with Crippen LogP contribution in [0.4, 0.5) is 5.69 Å². The zero-order valence-corrected chi connectivity index (χ0v) is 17.8. The van der Waals surface area contributed by atoms with Gasteiger partial charge in [-0.2, -0.15) is 8.42 Å². The first-order valence-electron chi connectivity index (χ1n) is 9.93. The number of amidine groups is 1. The molecule has 0 atom stereocenters. The highest BCUT2D eigenvalue weighted by Gasteiger charge is 2.32. The van der Waals surface area contributed by atoms with Crippen LogP contribution in [0.5, 0.6) is 0 Å². The van der Waals surface area contributed by atoms with Crippen LogP contribution in [0.3, 0.4) is 0 Å². The number of sulfonamides is 1. The van der Waals surface area contributed by atoms with Gasteiger partial charge in [-0.3, -0.25) is 9.69 Å². The second-order valence-electron chi connectivity index (χ2n) is 7.79. The average molecular weight is 445 g/mol. The molecule has 1 fully saturated rings. The number of hydrogen-bond acceptors (Lipinski definition) is 5. The van der Waals surface area contributed by atoms with Crippen LogP contribution in [0, 0.1) is 0 Å². The van der Waals surface area contributed by atoms with E-state index >= 15 is 0 Å². The van der Waals surface area contributed by atoms with Gasteiger partial charge in [0.05, 0.1) is 6.42 Å². The minimum Gasteiger partial charge on any atom is -0.353 e. The van der Waals surface area contributed by atoms with Crippen LogP contribution in [0.15, 0.2) is 45.7 Å². The Kier molecular flexibility index (Phi) is 4.80. The van der Waals surface area contributed by atoms with Crippen LogP contribution < -0.4 is 5.32 Å². The van der Waals surface area contributed by atoms with Crippen molar-refractivity contribution < 1.29 is 13.2 Å². The zero-order chi connectivity index (χ0) is 20.9. The number of halogens is 1. The molecule has 0 saturated carbocycles. The molecule has 0 unspecified atom stereocenters. The Morgan fingerprint density at radius 3 is 2.67 bits per heavy atom. The number of carbonyl (C=O) groups is 1. The molecule has 2 aromatic rings. The molecule has 9 heteroatoms. The molecule has 2 aromatic carbocycles. The number of piperazine rings is 1. The molecule has 0 radical (unpaired) electrons. The van der Waals surface area contributed by atoms with E-state index in [1.54, 1.807) is 12.1 Å². The fourth-order valence-electron chi connectivity index (χ4n) is 4.27. The van der Waals surface area contributed by atoms with Crippen LogP contribution in [0.25, 0.3) is 0 Å². The molecule has 0 aromatic heterocycles. The lowest BCUT2D eigenvalue weighted by Gasteiger charge is -2.35. The quantitative estimate of drug-likeness (QED) is 0.784. The van der Waals surface area contributed by atoms with Crippen molar-refractivity contribution in [2.24, 2.45) is 4.40 Å². The lowest BCUT2D eigenvalue weighted by Crippen LogP contribution is -2.49. The van der Waals surface area contributed by atoms with Crippen molar-refractivity contribution >= 4 is 39.1 Å². The normalized spacial score (nSPS) is 20.0. The first-order valence-corrected chi connectivity index (χ1v) is 11.8. The summed E-state index contributed by atoms with van der Waals surface area (Å²) in [6.07, 6.45) is 1.21. The Morgan fingerprint density at radius 1 is 1.10 bits per heavy atom. The molecule has 3 aliphatic rings. The molecule has 0 aliphatic carbocycles. The van der Waals surface area contributed by atoms with E-state index in [9.17, 15) is 13.2 Å². The number of amides is 1. The molecule has 3 aliphatic heterocycles. The third-order valence-corrected chi connectivity index (χ3v) is 7.56. The number of benzene rings is 2. The third-order valence-electron chi connectivity index (χ3n) is 5.88. The zero-order valence-electron chi connectivity index (χ0n) is 16.3. The highest BCUT2D eigenvalue weighted by molar-refractivity contribution is 7.90. The molecule has 1 saturated heterocycles. The van der Waals surface area contributed by atoms with Crippen LogP contribution in [-0.2, 0) is 27.7 Å². The van der Waals surface area contributed by atoms with Gasteiger partial charge in [0.1, 0.15) is 4.90 Å². The summed E-state index contributed by atoms with van der Waals surface area (Å²) >= 11 is 6.41. The molecule has 30 heavy (non-hydrogen) atoms. The standard InChI is InChI=1S/C21H21ClN4O3S/c22-17-13-18-15(12-20(27)23-18)11-14(17)5-6-25-7-9-26(10-8-25)21-16-3-1-2-4-19(16)30(28,29)24-21/h1-4,11,13H,5-10,12H2,(H,23,27). The Balaban J connectivity index is 1.22. The third kappa shape index (κ3) is 3.49. The van der Waals surface area contributed by atoms with Crippen LogP contribution in [0.1, 0.15) is 16.7 Å². The van der Waals surface area contributed by atoms with Gasteiger partial charge in [0.15, 0.2) is 5.84 Å². The molecule has 0 bridgehead atoms. The van der Waals surface area contributed by atoms with Gasteiger partial charge >= 0.3 is 0 Å². The predicted molar refractivity (Wildman–Crippen MR) is 116 cm³/mol. The van der Waals surface area contributed by atoms with E-state index in [4.69, 9.17) is 11.6 Å². The summed E-state index contributed by atoms with van der Waals surface area (Å²) in [7, 11) is -3.59. The minimum absolute atomic E-state index is 0.00718. The maximum atomic E-state index is 12.3. The van der Waals surface area contributed by atoms with Crippen molar-refractivity contribution in [3.05, 3.63) is 58.1 Å². The van der Waals surface area contributed by atoms with Gasteiger partial charge in [-0.15, -0.1) is 4.40 Å². The monoisotopic (exact) mass is 444 g/mol. The molecule has 1 N–H and O–H groups in total. The number of carbonyl (C=O) groups excluding carboxylic acids is 1. The second kappa shape index (κ2) is 7.37.